The number of likely N-dealkylation sites (N-methyl/N-ethyl adjacent to an activating group) is 1. The lowest BCUT2D eigenvalue weighted by Crippen LogP contribution is -2.43. The number of hydrogen-bond acceptors (Lipinski definition) is 4. The van der Waals surface area contributed by atoms with Gasteiger partial charge in [0.1, 0.15) is 0 Å². The molecule has 0 radical (unpaired) electrons. The van der Waals surface area contributed by atoms with Crippen LogP contribution in [0.1, 0.15) is 13.3 Å². The van der Waals surface area contributed by atoms with Gasteiger partial charge in [-0.05, 0) is 40.5 Å². The lowest BCUT2D eigenvalue weighted by Gasteiger charge is -2.15. The first-order valence-electron chi connectivity index (χ1n) is 5.51. The molecular weight excluding hydrogens is 208 g/mol. The number of hydrogen-bond donors (Lipinski definition) is 3. The van der Waals surface area contributed by atoms with E-state index in [1.54, 1.807) is 6.92 Å². The molecular formula is C10H22N4O2. The predicted octanol–water partition coefficient (Wildman–Crippen LogP) is -0.627. The van der Waals surface area contributed by atoms with E-state index in [-0.39, 0.29) is 12.5 Å². The average Bonchev–Trinajstić information content (AvgIpc) is 2.17. The van der Waals surface area contributed by atoms with E-state index in [1.165, 1.54) is 0 Å². The zero-order valence-electron chi connectivity index (χ0n) is 10.3. The van der Waals surface area contributed by atoms with Gasteiger partial charge in [-0.3, -0.25) is 15.0 Å². The van der Waals surface area contributed by atoms with Crippen molar-refractivity contribution < 1.29 is 9.59 Å². The van der Waals surface area contributed by atoms with Crippen molar-refractivity contribution in [2.45, 2.75) is 13.3 Å². The minimum atomic E-state index is -0.434. The second kappa shape index (κ2) is 9.11. The molecule has 0 aromatic carbocycles. The van der Waals surface area contributed by atoms with Crippen LogP contribution in [0.3, 0.4) is 0 Å². The number of nitrogens with zero attached hydrogens (tertiary/aromatic N) is 1. The number of nitrogens with one attached hydrogen (secondary N) is 3. The summed E-state index contributed by atoms with van der Waals surface area (Å²) in [6.07, 6.45) is 0.974. The van der Waals surface area contributed by atoms with E-state index in [9.17, 15) is 9.59 Å². The Morgan fingerprint density at radius 3 is 2.56 bits per heavy atom. The Morgan fingerprint density at radius 1 is 1.31 bits per heavy atom. The van der Waals surface area contributed by atoms with Crippen LogP contribution < -0.4 is 16.0 Å². The molecule has 0 aliphatic heterocycles. The second-order valence-corrected chi connectivity index (χ2v) is 3.60. The SMILES string of the molecule is CCNC(=O)NC(=O)CN(C)CCCNC. The Hall–Kier alpha value is -1.14. The van der Waals surface area contributed by atoms with E-state index in [4.69, 9.17) is 0 Å². The minimum absolute atomic E-state index is 0.237. The number of rotatable bonds is 7. The van der Waals surface area contributed by atoms with Gasteiger partial charge in [-0.1, -0.05) is 0 Å². The van der Waals surface area contributed by atoms with Crippen LogP contribution in [-0.2, 0) is 4.79 Å². The van der Waals surface area contributed by atoms with Gasteiger partial charge in [0.15, 0.2) is 0 Å². The van der Waals surface area contributed by atoms with E-state index in [0.29, 0.717) is 6.54 Å². The third kappa shape index (κ3) is 8.19. The quantitative estimate of drug-likeness (QED) is 0.509. The largest absolute Gasteiger partial charge is 0.338 e. The monoisotopic (exact) mass is 230 g/mol. The average molecular weight is 230 g/mol. The van der Waals surface area contributed by atoms with Crippen molar-refractivity contribution in [1.29, 1.82) is 0 Å². The Balaban J connectivity index is 3.65. The highest BCUT2D eigenvalue weighted by molar-refractivity contribution is 5.95. The van der Waals surface area contributed by atoms with E-state index >= 15 is 0 Å². The normalized spacial score (nSPS) is 10.2. The highest BCUT2D eigenvalue weighted by Crippen LogP contribution is 1.86. The van der Waals surface area contributed by atoms with Gasteiger partial charge >= 0.3 is 6.03 Å². The summed E-state index contributed by atoms with van der Waals surface area (Å²) in [5, 5.41) is 7.79. The maximum Gasteiger partial charge on any atom is 0.321 e. The summed E-state index contributed by atoms with van der Waals surface area (Å²) in [5.41, 5.74) is 0. The van der Waals surface area contributed by atoms with Gasteiger partial charge in [0.25, 0.3) is 0 Å². The van der Waals surface area contributed by atoms with Crippen LogP contribution >= 0.6 is 0 Å². The molecule has 0 aliphatic rings. The summed E-state index contributed by atoms with van der Waals surface area (Å²) in [5.74, 6) is -0.280. The van der Waals surface area contributed by atoms with E-state index in [2.05, 4.69) is 16.0 Å². The molecule has 94 valence electrons. The van der Waals surface area contributed by atoms with Crippen LogP contribution in [0.4, 0.5) is 4.79 Å². The van der Waals surface area contributed by atoms with Crippen molar-refractivity contribution in [1.82, 2.24) is 20.9 Å². The van der Waals surface area contributed by atoms with Gasteiger partial charge in [0.2, 0.25) is 5.91 Å². The Kier molecular flexibility index (Phi) is 8.46. The second-order valence-electron chi connectivity index (χ2n) is 3.60. The Morgan fingerprint density at radius 2 is 2.00 bits per heavy atom. The first kappa shape index (κ1) is 14.9. The van der Waals surface area contributed by atoms with Gasteiger partial charge < -0.3 is 10.6 Å². The molecule has 6 heteroatoms. The van der Waals surface area contributed by atoms with Crippen molar-refractivity contribution in [3.05, 3.63) is 0 Å². The highest BCUT2D eigenvalue weighted by atomic mass is 16.2. The molecule has 0 unspecified atom stereocenters. The maximum atomic E-state index is 11.3. The summed E-state index contributed by atoms with van der Waals surface area (Å²) in [6.45, 7) is 4.29. The topological polar surface area (TPSA) is 73.5 Å². The van der Waals surface area contributed by atoms with Crippen molar-refractivity contribution in [3.8, 4) is 0 Å². The smallest absolute Gasteiger partial charge is 0.321 e. The zero-order valence-corrected chi connectivity index (χ0v) is 10.3. The summed E-state index contributed by atoms with van der Waals surface area (Å²) in [6, 6.07) is -0.434. The van der Waals surface area contributed by atoms with Crippen LogP contribution in [0.25, 0.3) is 0 Å². The molecule has 0 aromatic heterocycles. The van der Waals surface area contributed by atoms with Crippen LogP contribution in [0.2, 0.25) is 0 Å². The first-order valence-corrected chi connectivity index (χ1v) is 5.51. The van der Waals surface area contributed by atoms with E-state index in [0.717, 1.165) is 19.5 Å². The number of carbonyl (C=O) groups excluding carboxylic acids is 2. The summed E-state index contributed by atoms with van der Waals surface area (Å²) < 4.78 is 0. The van der Waals surface area contributed by atoms with Gasteiger partial charge in [-0.25, -0.2) is 4.79 Å². The molecule has 0 bridgehead atoms. The third-order valence-corrected chi connectivity index (χ3v) is 1.97. The van der Waals surface area contributed by atoms with Crippen molar-refractivity contribution in [2.24, 2.45) is 0 Å². The molecule has 0 fully saturated rings. The number of carbonyl (C=O) groups is 2. The van der Waals surface area contributed by atoms with Crippen LogP contribution in [0, 0.1) is 0 Å². The summed E-state index contributed by atoms with van der Waals surface area (Å²) in [4.78, 5) is 24.2. The van der Waals surface area contributed by atoms with Crippen molar-refractivity contribution >= 4 is 11.9 Å². The lowest BCUT2D eigenvalue weighted by molar-refractivity contribution is -0.120. The molecule has 3 amide bonds. The van der Waals surface area contributed by atoms with Crippen molar-refractivity contribution in [3.63, 3.8) is 0 Å². The predicted molar refractivity (Wildman–Crippen MR) is 63.3 cm³/mol. The standard InChI is InChI=1S/C10H22N4O2/c1-4-12-10(16)13-9(15)8-14(3)7-5-6-11-2/h11H,4-8H2,1-3H3,(H2,12,13,15,16). The fraction of sp³-hybridized carbons (Fsp3) is 0.800. The molecule has 3 N–H and O–H groups in total. The van der Waals surface area contributed by atoms with E-state index < -0.39 is 6.03 Å². The zero-order chi connectivity index (χ0) is 12.4. The number of urea groups is 1. The summed E-state index contributed by atoms with van der Waals surface area (Å²) in [7, 11) is 3.74. The molecule has 0 atom stereocenters. The van der Waals surface area contributed by atoms with Gasteiger partial charge in [0.05, 0.1) is 6.54 Å². The number of imide groups is 1. The Labute approximate surface area is 96.8 Å². The summed E-state index contributed by atoms with van der Waals surface area (Å²) >= 11 is 0. The Bertz CT molecular complexity index is 221. The van der Waals surface area contributed by atoms with Gasteiger partial charge in [-0.2, -0.15) is 0 Å². The van der Waals surface area contributed by atoms with Gasteiger partial charge in [0, 0.05) is 6.54 Å². The molecule has 0 saturated heterocycles. The molecule has 0 saturated carbocycles. The maximum absolute atomic E-state index is 11.3. The van der Waals surface area contributed by atoms with Gasteiger partial charge in [-0.15, -0.1) is 0 Å². The van der Waals surface area contributed by atoms with Crippen LogP contribution in [0.5, 0.6) is 0 Å². The lowest BCUT2D eigenvalue weighted by atomic mass is 10.4. The minimum Gasteiger partial charge on any atom is -0.338 e. The molecule has 0 aromatic rings. The molecule has 0 rings (SSSR count). The third-order valence-electron chi connectivity index (χ3n) is 1.97. The molecule has 0 heterocycles. The van der Waals surface area contributed by atoms with Crippen molar-refractivity contribution in [2.75, 3.05) is 40.3 Å². The molecule has 0 spiro atoms. The van der Waals surface area contributed by atoms with Crippen LogP contribution in [-0.4, -0.2) is 57.1 Å². The molecule has 16 heavy (non-hydrogen) atoms. The number of amides is 3. The molecule has 6 nitrogen and oxygen atoms in total. The first-order chi connectivity index (χ1) is 7.60. The van der Waals surface area contributed by atoms with Crippen LogP contribution in [0.15, 0.2) is 0 Å². The van der Waals surface area contributed by atoms with E-state index in [1.807, 2.05) is 19.0 Å². The highest BCUT2D eigenvalue weighted by Gasteiger charge is 2.08. The fourth-order valence-corrected chi connectivity index (χ4v) is 1.22. The fourth-order valence-electron chi connectivity index (χ4n) is 1.22. The molecule has 0 aliphatic carbocycles.